The predicted octanol–water partition coefficient (Wildman–Crippen LogP) is 5.61. The van der Waals surface area contributed by atoms with Gasteiger partial charge in [0.15, 0.2) is 0 Å². The lowest BCUT2D eigenvalue weighted by molar-refractivity contribution is -0.116. The quantitative estimate of drug-likeness (QED) is 0.338. The van der Waals surface area contributed by atoms with Gasteiger partial charge in [-0.1, -0.05) is 57.1 Å². The van der Waals surface area contributed by atoms with Crippen molar-refractivity contribution in [3.05, 3.63) is 24.3 Å². The van der Waals surface area contributed by atoms with Crippen LogP contribution in [-0.2, 0) is 9.53 Å². The van der Waals surface area contributed by atoms with Crippen LogP contribution in [-0.4, -0.2) is 39.9 Å². The van der Waals surface area contributed by atoms with E-state index in [-0.39, 0.29) is 18.1 Å². The molecule has 1 saturated carbocycles. The molecule has 1 aromatic carbocycles. The van der Waals surface area contributed by atoms with Gasteiger partial charge in [-0.15, -0.1) is 0 Å². The number of carboxylic acid groups (broad SMARTS) is 1. The molecule has 0 aromatic heterocycles. The second kappa shape index (κ2) is 11.0. The fraction of sp³-hybridized carbons (Fsp3) is 0.680. The van der Waals surface area contributed by atoms with Crippen LogP contribution in [0.3, 0.4) is 0 Å². The van der Waals surface area contributed by atoms with E-state index in [1.54, 1.807) is 17.0 Å². The number of hydrogen-bond donors (Lipinski definition) is 3. The summed E-state index contributed by atoms with van der Waals surface area (Å²) in [7, 11) is 0. The second-order valence-corrected chi connectivity index (χ2v) is 9.80. The lowest BCUT2D eigenvalue weighted by Gasteiger charge is -2.33. The Morgan fingerprint density at radius 2 is 1.88 bits per heavy atom. The van der Waals surface area contributed by atoms with E-state index in [0.29, 0.717) is 23.7 Å². The van der Waals surface area contributed by atoms with E-state index in [1.165, 1.54) is 32.1 Å². The summed E-state index contributed by atoms with van der Waals surface area (Å²) < 4.78 is 6.25. The fourth-order valence-electron chi connectivity index (χ4n) is 5.35. The maximum Gasteiger partial charge on any atom is 0.409 e. The summed E-state index contributed by atoms with van der Waals surface area (Å²) >= 11 is 0. The fourth-order valence-corrected chi connectivity index (χ4v) is 5.35. The van der Waals surface area contributed by atoms with Gasteiger partial charge in [0.05, 0.1) is 23.5 Å². The molecule has 1 heterocycles. The maximum absolute atomic E-state index is 12.2. The number of hydrogen-bond acceptors (Lipinski definition) is 4. The van der Waals surface area contributed by atoms with Gasteiger partial charge in [-0.3, -0.25) is 9.69 Å². The third-order valence-electron chi connectivity index (χ3n) is 6.91. The number of nitrogens with one attached hydrogen (secondary N) is 1. The minimum Gasteiger partial charge on any atom is -0.465 e. The highest BCUT2D eigenvalue weighted by Crippen LogP contribution is 2.40. The van der Waals surface area contributed by atoms with E-state index in [0.717, 1.165) is 32.1 Å². The zero-order valence-corrected chi connectivity index (χ0v) is 19.5. The lowest BCUT2D eigenvalue weighted by atomic mass is 9.83. The molecule has 1 aliphatic carbocycles. The molecule has 0 bridgehead atoms. The molecule has 2 atom stereocenters. The van der Waals surface area contributed by atoms with E-state index < -0.39 is 11.8 Å². The Morgan fingerprint density at radius 3 is 2.56 bits per heavy atom. The Kier molecular flexibility index (Phi) is 8.40. The number of anilines is 2. The predicted molar refractivity (Wildman–Crippen MR) is 126 cm³/mol. The summed E-state index contributed by atoms with van der Waals surface area (Å²) in [5, 5.41) is 12.7. The second-order valence-electron chi connectivity index (χ2n) is 9.80. The number of unbranched alkanes of at least 4 members (excludes halogenated alkanes) is 2. The van der Waals surface area contributed by atoms with E-state index in [9.17, 15) is 14.7 Å². The molecular weight excluding hydrogens is 406 g/mol. The van der Waals surface area contributed by atoms with Crippen molar-refractivity contribution in [2.24, 2.45) is 5.92 Å². The highest BCUT2D eigenvalue weighted by molar-refractivity contribution is 5.93. The molecule has 2 aliphatic rings. The smallest absolute Gasteiger partial charge is 0.409 e. The maximum atomic E-state index is 12.2. The Labute approximate surface area is 191 Å². The van der Waals surface area contributed by atoms with Crippen molar-refractivity contribution in [1.82, 2.24) is 4.90 Å². The Bertz CT molecular complexity index is 776. The SMILES string of the molecule is CC1(C)O[C@@H](CCCCCC(=O)Nc2ccccc2N)[C@H](CC2CCCCC2)N1C(=O)O. The number of nitrogens with zero attached hydrogens (tertiary/aromatic N) is 1. The number of carbonyl (C=O) groups is 2. The van der Waals surface area contributed by atoms with Gasteiger partial charge in [-0.2, -0.15) is 0 Å². The zero-order valence-electron chi connectivity index (χ0n) is 19.5. The highest BCUT2D eigenvalue weighted by Gasteiger charge is 2.50. The van der Waals surface area contributed by atoms with Crippen LogP contribution in [0.1, 0.15) is 84.5 Å². The van der Waals surface area contributed by atoms with Crippen LogP contribution in [0.15, 0.2) is 24.3 Å². The molecule has 2 amide bonds. The van der Waals surface area contributed by atoms with Crippen LogP contribution in [0, 0.1) is 5.92 Å². The molecule has 1 aliphatic heterocycles. The summed E-state index contributed by atoms with van der Waals surface area (Å²) in [4.78, 5) is 25.8. The number of amides is 2. The third-order valence-corrected chi connectivity index (χ3v) is 6.91. The summed E-state index contributed by atoms with van der Waals surface area (Å²) in [6.07, 6.45) is 9.94. The van der Waals surface area contributed by atoms with Gasteiger partial charge in [0.25, 0.3) is 0 Å². The highest BCUT2D eigenvalue weighted by atomic mass is 16.6. The van der Waals surface area contributed by atoms with Crippen LogP contribution in [0.25, 0.3) is 0 Å². The van der Waals surface area contributed by atoms with E-state index >= 15 is 0 Å². The summed E-state index contributed by atoms with van der Waals surface area (Å²) in [6.45, 7) is 3.71. The normalized spacial score (nSPS) is 23.2. The first-order chi connectivity index (χ1) is 15.3. The molecule has 4 N–H and O–H groups in total. The van der Waals surface area contributed by atoms with E-state index in [1.807, 2.05) is 26.0 Å². The van der Waals surface area contributed by atoms with Crippen LogP contribution in [0.4, 0.5) is 16.2 Å². The number of carbonyl (C=O) groups excluding carboxylic acids is 1. The number of nitrogens with two attached hydrogens (primary N) is 1. The van der Waals surface area contributed by atoms with Gasteiger partial charge in [0.1, 0.15) is 5.72 Å². The molecule has 7 nitrogen and oxygen atoms in total. The van der Waals surface area contributed by atoms with Gasteiger partial charge >= 0.3 is 6.09 Å². The van der Waals surface area contributed by atoms with Gasteiger partial charge < -0.3 is 20.9 Å². The average Bonchev–Trinajstić information content (AvgIpc) is 2.99. The van der Waals surface area contributed by atoms with Crippen molar-refractivity contribution in [3.8, 4) is 0 Å². The molecule has 178 valence electrons. The standard InChI is InChI=1S/C25H39N3O4/c1-25(2)28(24(30)31)21(17-18-11-5-3-6-12-18)22(32-25)15-7-4-8-16-23(29)27-20-14-10-9-13-19(20)26/h9-10,13-14,18,21-22H,3-8,11-12,15-17,26H2,1-2H3,(H,27,29)(H,30,31)/t21-,22-/m0/s1. The van der Waals surface area contributed by atoms with Crippen LogP contribution >= 0.6 is 0 Å². The lowest BCUT2D eigenvalue weighted by Crippen LogP contribution is -2.48. The number of nitrogen functional groups attached to an aromatic ring is 1. The molecule has 1 saturated heterocycles. The van der Waals surface area contributed by atoms with Crippen molar-refractivity contribution < 1.29 is 19.4 Å². The number of benzene rings is 1. The van der Waals surface area contributed by atoms with E-state index in [2.05, 4.69) is 5.32 Å². The van der Waals surface area contributed by atoms with Crippen LogP contribution < -0.4 is 11.1 Å². The first kappa shape index (κ1) is 24.4. The van der Waals surface area contributed by atoms with Crippen molar-refractivity contribution in [2.75, 3.05) is 11.1 Å². The molecule has 2 fully saturated rings. The Morgan fingerprint density at radius 1 is 1.16 bits per heavy atom. The topological polar surface area (TPSA) is 105 Å². The first-order valence-corrected chi connectivity index (χ1v) is 12.1. The molecule has 0 spiro atoms. The number of rotatable bonds is 9. The van der Waals surface area contributed by atoms with Crippen LogP contribution in [0.2, 0.25) is 0 Å². The van der Waals surface area contributed by atoms with Crippen molar-refractivity contribution in [3.63, 3.8) is 0 Å². The largest absolute Gasteiger partial charge is 0.465 e. The Balaban J connectivity index is 1.47. The van der Waals surface area contributed by atoms with Gasteiger partial charge in [-0.05, 0) is 51.2 Å². The van der Waals surface area contributed by atoms with Gasteiger partial charge in [0.2, 0.25) is 5.91 Å². The van der Waals surface area contributed by atoms with E-state index in [4.69, 9.17) is 10.5 Å². The van der Waals surface area contributed by atoms with Crippen molar-refractivity contribution in [2.45, 2.75) is 102 Å². The molecule has 1 aromatic rings. The number of para-hydroxylation sites is 2. The van der Waals surface area contributed by atoms with Gasteiger partial charge in [0, 0.05) is 6.42 Å². The minimum absolute atomic E-state index is 0.0339. The van der Waals surface area contributed by atoms with Crippen molar-refractivity contribution in [1.29, 1.82) is 0 Å². The van der Waals surface area contributed by atoms with Crippen LogP contribution in [0.5, 0.6) is 0 Å². The molecule has 7 heteroatoms. The van der Waals surface area contributed by atoms with Crippen molar-refractivity contribution >= 4 is 23.4 Å². The average molecular weight is 446 g/mol. The monoisotopic (exact) mass is 445 g/mol. The molecule has 3 rings (SSSR count). The minimum atomic E-state index is -0.893. The molecule has 0 radical (unpaired) electrons. The molecular formula is C25H39N3O4. The molecule has 0 unspecified atom stereocenters. The Hall–Kier alpha value is -2.28. The third kappa shape index (κ3) is 6.37. The summed E-state index contributed by atoms with van der Waals surface area (Å²) in [5.74, 6) is 0.554. The first-order valence-electron chi connectivity index (χ1n) is 12.1. The summed E-state index contributed by atoms with van der Waals surface area (Å²) in [6, 6.07) is 7.16. The summed E-state index contributed by atoms with van der Waals surface area (Å²) in [5.41, 5.74) is 6.29. The molecule has 32 heavy (non-hydrogen) atoms. The number of ether oxygens (including phenoxy) is 1. The van der Waals surface area contributed by atoms with Gasteiger partial charge in [-0.25, -0.2) is 4.79 Å². The zero-order chi connectivity index (χ0) is 23.1.